The summed E-state index contributed by atoms with van der Waals surface area (Å²) in [5, 5.41) is -0.241. The van der Waals surface area contributed by atoms with Gasteiger partial charge in [0.1, 0.15) is 6.54 Å². The first kappa shape index (κ1) is 15.4. The monoisotopic (exact) mass is 329 g/mol. The van der Waals surface area contributed by atoms with E-state index in [0.29, 0.717) is 13.1 Å². The molecule has 0 aromatic carbocycles. The van der Waals surface area contributed by atoms with E-state index in [1.54, 1.807) is 0 Å². The molecule has 3 aliphatic rings. The highest BCUT2D eigenvalue weighted by Crippen LogP contribution is 2.31. The van der Waals surface area contributed by atoms with Crippen LogP contribution in [0.4, 0.5) is 0 Å². The van der Waals surface area contributed by atoms with Crippen LogP contribution in [0.15, 0.2) is 0 Å². The Hall–Kier alpha value is -1.48. The zero-order valence-corrected chi connectivity index (χ0v) is 13.0. The van der Waals surface area contributed by atoms with Crippen molar-refractivity contribution in [1.29, 1.82) is 0 Å². The second-order valence-corrected chi connectivity index (χ2v) is 8.11. The molecule has 0 bridgehead atoms. The van der Waals surface area contributed by atoms with E-state index in [9.17, 15) is 22.8 Å². The molecular formula is C13H19N3O5S. The number of hydrogen-bond acceptors (Lipinski definition) is 5. The highest BCUT2D eigenvalue weighted by atomic mass is 32.2. The first-order valence-corrected chi connectivity index (χ1v) is 9.00. The maximum atomic E-state index is 12.2. The van der Waals surface area contributed by atoms with Gasteiger partial charge in [-0.2, -0.15) is 4.31 Å². The summed E-state index contributed by atoms with van der Waals surface area (Å²) in [6.07, 6.45) is 1.78. The molecule has 0 N–H and O–H groups in total. The zero-order chi connectivity index (χ0) is 15.9. The number of rotatable bonds is 4. The van der Waals surface area contributed by atoms with Gasteiger partial charge in [0.25, 0.3) is 0 Å². The van der Waals surface area contributed by atoms with Gasteiger partial charge in [0.15, 0.2) is 0 Å². The quantitative estimate of drug-likeness (QED) is 0.602. The fraction of sp³-hybridized carbons (Fsp3) is 0.769. The van der Waals surface area contributed by atoms with E-state index >= 15 is 0 Å². The Morgan fingerprint density at radius 2 is 1.55 bits per heavy atom. The van der Waals surface area contributed by atoms with Gasteiger partial charge in [-0.1, -0.05) is 0 Å². The van der Waals surface area contributed by atoms with Crippen molar-refractivity contribution in [2.75, 3.05) is 32.7 Å². The van der Waals surface area contributed by atoms with Crippen LogP contribution >= 0.6 is 0 Å². The van der Waals surface area contributed by atoms with Crippen molar-refractivity contribution in [3.05, 3.63) is 0 Å². The topological polar surface area (TPSA) is 95.1 Å². The van der Waals surface area contributed by atoms with Gasteiger partial charge in [0, 0.05) is 39.0 Å². The summed E-state index contributed by atoms with van der Waals surface area (Å²) < 4.78 is 25.7. The van der Waals surface area contributed by atoms with Gasteiger partial charge in [-0.15, -0.1) is 0 Å². The molecular weight excluding hydrogens is 310 g/mol. The number of hydrogen-bond donors (Lipinski definition) is 0. The fourth-order valence-electron chi connectivity index (χ4n) is 2.80. The fourth-order valence-corrected chi connectivity index (χ4v) is 4.63. The highest BCUT2D eigenvalue weighted by molar-refractivity contribution is 7.90. The number of piperazine rings is 1. The molecule has 3 fully saturated rings. The lowest BCUT2D eigenvalue weighted by Gasteiger charge is -2.34. The molecule has 0 spiro atoms. The molecule has 3 rings (SSSR count). The van der Waals surface area contributed by atoms with E-state index in [2.05, 4.69) is 0 Å². The van der Waals surface area contributed by atoms with Crippen LogP contribution < -0.4 is 0 Å². The summed E-state index contributed by atoms with van der Waals surface area (Å²) in [5.41, 5.74) is 0. The Kier molecular flexibility index (Phi) is 3.94. The Labute approximate surface area is 129 Å². The molecule has 0 unspecified atom stereocenters. The highest BCUT2D eigenvalue weighted by Gasteiger charge is 2.41. The Bertz CT molecular complexity index is 589. The second kappa shape index (κ2) is 5.62. The van der Waals surface area contributed by atoms with Crippen LogP contribution in [-0.4, -0.2) is 78.2 Å². The minimum absolute atomic E-state index is 0.166. The lowest BCUT2D eigenvalue weighted by molar-refractivity contribution is -0.145. The van der Waals surface area contributed by atoms with Crippen molar-refractivity contribution in [1.82, 2.24) is 14.1 Å². The number of sulfonamides is 1. The molecule has 0 aromatic heterocycles. The normalized spacial score (nSPS) is 24.2. The molecule has 0 radical (unpaired) electrons. The average molecular weight is 329 g/mol. The van der Waals surface area contributed by atoms with E-state index < -0.39 is 10.0 Å². The van der Waals surface area contributed by atoms with Gasteiger partial charge < -0.3 is 4.90 Å². The van der Waals surface area contributed by atoms with Crippen molar-refractivity contribution < 1.29 is 22.8 Å². The van der Waals surface area contributed by atoms with Crippen LogP contribution in [0, 0.1) is 0 Å². The van der Waals surface area contributed by atoms with Crippen molar-refractivity contribution >= 4 is 27.7 Å². The van der Waals surface area contributed by atoms with Crippen molar-refractivity contribution in [3.8, 4) is 0 Å². The van der Waals surface area contributed by atoms with Crippen LogP contribution in [-0.2, 0) is 24.4 Å². The second-order valence-electron chi connectivity index (χ2n) is 5.90. The molecule has 0 aromatic rings. The van der Waals surface area contributed by atoms with Crippen molar-refractivity contribution in [2.24, 2.45) is 0 Å². The Balaban J connectivity index is 1.54. The first-order valence-electron chi connectivity index (χ1n) is 7.49. The van der Waals surface area contributed by atoms with Crippen LogP contribution in [0.3, 0.4) is 0 Å². The lowest BCUT2D eigenvalue weighted by atomic mass is 10.3. The molecule has 9 heteroatoms. The lowest BCUT2D eigenvalue weighted by Crippen LogP contribution is -2.53. The Morgan fingerprint density at radius 3 is 2.05 bits per heavy atom. The number of imide groups is 1. The van der Waals surface area contributed by atoms with E-state index in [0.717, 1.165) is 17.7 Å². The minimum atomic E-state index is -3.20. The van der Waals surface area contributed by atoms with Gasteiger partial charge >= 0.3 is 0 Å². The predicted molar refractivity (Wildman–Crippen MR) is 76.0 cm³/mol. The molecule has 2 heterocycles. The summed E-state index contributed by atoms with van der Waals surface area (Å²) in [6.45, 7) is 0.952. The minimum Gasteiger partial charge on any atom is -0.338 e. The standard InChI is InChI=1S/C13H19N3O5S/c17-11-3-4-12(18)16(11)9-13(19)14-5-7-15(8-6-14)22(20,21)10-1-2-10/h10H,1-9H2. The van der Waals surface area contributed by atoms with Crippen molar-refractivity contribution in [3.63, 3.8) is 0 Å². The molecule has 122 valence electrons. The van der Waals surface area contributed by atoms with Crippen molar-refractivity contribution in [2.45, 2.75) is 30.9 Å². The molecule has 1 saturated carbocycles. The third kappa shape index (κ3) is 2.87. The third-order valence-electron chi connectivity index (χ3n) is 4.35. The maximum absolute atomic E-state index is 12.2. The first-order chi connectivity index (χ1) is 10.4. The van der Waals surface area contributed by atoms with Crippen LogP contribution in [0.5, 0.6) is 0 Å². The predicted octanol–water partition coefficient (Wildman–Crippen LogP) is -1.23. The summed E-state index contributed by atoms with van der Waals surface area (Å²) >= 11 is 0. The summed E-state index contributed by atoms with van der Waals surface area (Å²) in [5.74, 6) is -0.923. The summed E-state index contributed by atoms with van der Waals surface area (Å²) in [6, 6.07) is 0. The molecule has 8 nitrogen and oxygen atoms in total. The van der Waals surface area contributed by atoms with Crippen LogP contribution in [0.1, 0.15) is 25.7 Å². The third-order valence-corrected chi connectivity index (χ3v) is 6.74. The van der Waals surface area contributed by atoms with Gasteiger partial charge in [-0.25, -0.2) is 8.42 Å². The number of amides is 3. The smallest absolute Gasteiger partial charge is 0.242 e. The molecule has 2 saturated heterocycles. The van der Waals surface area contributed by atoms with E-state index in [-0.39, 0.29) is 55.4 Å². The number of likely N-dealkylation sites (tertiary alicyclic amines) is 1. The molecule has 1 aliphatic carbocycles. The van der Waals surface area contributed by atoms with Gasteiger partial charge in [-0.3, -0.25) is 19.3 Å². The SMILES string of the molecule is O=C(CN1C(=O)CCC1=O)N1CCN(S(=O)(=O)C2CC2)CC1. The maximum Gasteiger partial charge on any atom is 0.242 e. The van der Waals surface area contributed by atoms with Crippen LogP contribution in [0.25, 0.3) is 0 Å². The molecule has 3 amide bonds. The summed E-state index contributed by atoms with van der Waals surface area (Å²) in [7, 11) is -3.20. The van der Waals surface area contributed by atoms with E-state index in [4.69, 9.17) is 0 Å². The molecule has 0 atom stereocenters. The zero-order valence-electron chi connectivity index (χ0n) is 12.2. The molecule has 22 heavy (non-hydrogen) atoms. The van der Waals surface area contributed by atoms with Gasteiger partial charge in [0.05, 0.1) is 5.25 Å². The number of carbonyl (C=O) groups excluding carboxylic acids is 3. The van der Waals surface area contributed by atoms with Gasteiger partial charge in [0.2, 0.25) is 27.7 Å². The van der Waals surface area contributed by atoms with Crippen LogP contribution in [0.2, 0.25) is 0 Å². The number of carbonyl (C=O) groups is 3. The van der Waals surface area contributed by atoms with E-state index in [1.165, 1.54) is 9.21 Å². The van der Waals surface area contributed by atoms with Gasteiger partial charge in [-0.05, 0) is 12.8 Å². The average Bonchev–Trinajstić information content (AvgIpc) is 3.31. The molecule has 2 aliphatic heterocycles. The largest absolute Gasteiger partial charge is 0.338 e. The summed E-state index contributed by atoms with van der Waals surface area (Å²) in [4.78, 5) is 37.7. The Morgan fingerprint density at radius 1 is 1.00 bits per heavy atom. The van der Waals surface area contributed by atoms with E-state index in [1.807, 2.05) is 0 Å². The number of nitrogens with zero attached hydrogens (tertiary/aromatic N) is 3.